The number of hydrogen-bond acceptors (Lipinski definition) is 8. The molecule has 0 unspecified atom stereocenters. The van der Waals surface area contributed by atoms with Crippen LogP contribution < -0.4 is 15.5 Å². The minimum absolute atomic E-state index is 0.188. The van der Waals surface area contributed by atoms with Gasteiger partial charge >= 0.3 is 0 Å². The van der Waals surface area contributed by atoms with Gasteiger partial charge < -0.3 is 20.3 Å². The van der Waals surface area contributed by atoms with Gasteiger partial charge in [0, 0.05) is 60.7 Å². The Morgan fingerprint density at radius 1 is 1.17 bits per heavy atom. The quantitative estimate of drug-likeness (QED) is 0.421. The van der Waals surface area contributed by atoms with E-state index in [2.05, 4.69) is 25.5 Å². The SMILES string of the molecule is CNc1ncc(-c2nc3ccc(N4CCOCC4)cn3n2)c2cc(NC(=O)[C@@H]3C[C@@H]3C(F)F)ncc12. The lowest BCUT2D eigenvalue weighted by Gasteiger charge is -2.28. The van der Waals surface area contributed by atoms with Gasteiger partial charge in [-0.05, 0) is 24.6 Å². The molecule has 1 saturated carbocycles. The van der Waals surface area contributed by atoms with Gasteiger partial charge in [0.15, 0.2) is 11.5 Å². The Morgan fingerprint density at radius 3 is 2.75 bits per heavy atom. The van der Waals surface area contributed by atoms with E-state index in [4.69, 9.17) is 14.8 Å². The maximum absolute atomic E-state index is 12.9. The summed E-state index contributed by atoms with van der Waals surface area (Å²) in [6.07, 6.45) is 2.90. The van der Waals surface area contributed by atoms with Crippen molar-refractivity contribution in [3.8, 4) is 11.4 Å². The number of morpholine rings is 1. The third-order valence-electron chi connectivity index (χ3n) is 6.69. The first-order valence-electron chi connectivity index (χ1n) is 11.8. The molecular formula is C24H24F2N8O2. The fraction of sp³-hybridized carbons (Fsp3) is 0.375. The third kappa shape index (κ3) is 4.06. The van der Waals surface area contributed by atoms with Crippen LogP contribution in [0.5, 0.6) is 0 Å². The highest BCUT2D eigenvalue weighted by Crippen LogP contribution is 2.43. The molecule has 1 aliphatic carbocycles. The van der Waals surface area contributed by atoms with Crippen molar-refractivity contribution in [2.45, 2.75) is 12.8 Å². The molecule has 0 spiro atoms. The van der Waals surface area contributed by atoms with Gasteiger partial charge in [-0.15, -0.1) is 5.10 Å². The van der Waals surface area contributed by atoms with Crippen molar-refractivity contribution in [1.82, 2.24) is 24.6 Å². The molecule has 1 saturated heterocycles. The van der Waals surface area contributed by atoms with Crippen LogP contribution in [0.3, 0.4) is 0 Å². The molecule has 4 aromatic rings. The number of anilines is 3. The second-order valence-corrected chi connectivity index (χ2v) is 8.94. The number of amides is 1. The Balaban J connectivity index is 1.36. The van der Waals surface area contributed by atoms with Crippen LogP contribution in [0.25, 0.3) is 27.8 Å². The van der Waals surface area contributed by atoms with Crippen molar-refractivity contribution in [1.29, 1.82) is 0 Å². The number of alkyl halides is 2. The normalized spacial score (nSPS) is 19.7. The van der Waals surface area contributed by atoms with Crippen molar-refractivity contribution >= 4 is 39.6 Å². The van der Waals surface area contributed by atoms with Crippen LogP contribution in [0, 0.1) is 11.8 Å². The molecule has 10 nitrogen and oxygen atoms in total. The van der Waals surface area contributed by atoms with Crippen molar-refractivity contribution in [2.75, 3.05) is 48.9 Å². The predicted octanol–water partition coefficient (Wildman–Crippen LogP) is 3.06. The summed E-state index contributed by atoms with van der Waals surface area (Å²) in [5.74, 6) is -0.660. The Bertz CT molecular complexity index is 1450. The number of carbonyl (C=O) groups excluding carboxylic acids is 1. The minimum atomic E-state index is -2.49. The first-order chi connectivity index (χ1) is 17.5. The first kappa shape index (κ1) is 22.5. The summed E-state index contributed by atoms with van der Waals surface area (Å²) in [5, 5.41) is 11.9. The Hall–Kier alpha value is -3.93. The fourth-order valence-corrected chi connectivity index (χ4v) is 4.59. The number of fused-ring (bicyclic) bond motifs is 2. The monoisotopic (exact) mass is 494 g/mol. The van der Waals surface area contributed by atoms with Gasteiger partial charge in [-0.25, -0.2) is 28.2 Å². The number of nitrogens with zero attached hydrogens (tertiary/aromatic N) is 6. The van der Waals surface area contributed by atoms with Crippen molar-refractivity contribution in [3.63, 3.8) is 0 Å². The Morgan fingerprint density at radius 2 is 2.00 bits per heavy atom. The summed E-state index contributed by atoms with van der Waals surface area (Å²) >= 11 is 0. The number of halogens is 2. The molecule has 186 valence electrons. The van der Waals surface area contributed by atoms with Gasteiger partial charge in [0.25, 0.3) is 0 Å². The van der Waals surface area contributed by atoms with Crippen molar-refractivity contribution < 1.29 is 18.3 Å². The van der Waals surface area contributed by atoms with Crippen LogP contribution in [0.4, 0.5) is 26.1 Å². The predicted molar refractivity (Wildman–Crippen MR) is 130 cm³/mol. The molecular weight excluding hydrogens is 470 g/mol. The highest BCUT2D eigenvalue weighted by molar-refractivity contribution is 6.03. The lowest BCUT2D eigenvalue weighted by atomic mass is 10.1. The van der Waals surface area contributed by atoms with Crippen LogP contribution in [0.2, 0.25) is 0 Å². The molecule has 0 radical (unpaired) electrons. The molecule has 6 rings (SSSR count). The molecule has 12 heteroatoms. The van der Waals surface area contributed by atoms with Gasteiger partial charge in [-0.2, -0.15) is 0 Å². The molecule has 2 atom stereocenters. The Kier molecular flexibility index (Phi) is 5.59. The molecule has 2 N–H and O–H groups in total. The molecule has 1 aliphatic heterocycles. The van der Waals surface area contributed by atoms with Crippen molar-refractivity contribution in [2.24, 2.45) is 11.8 Å². The number of carbonyl (C=O) groups is 1. The standard InChI is InChI=1S/C24H24F2N8O2/c1-27-22-17-10-28-19(30-24(35)16-8-15(16)21(25)26)9-14(17)18(11-29-22)23-31-20-3-2-13(12-34(20)32-23)33-4-6-36-7-5-33/h2-3,9-12,15-16,21H,4-8H2,1H3,(H,27,29)(H,28,30,35)/t15-,16+/m0/s1. The number of hydrogen-bond donors (Lipinski definition) is 2. The van der Waals surface area contributed by atoms with E-state index in [0.717, 1.165) is 29.5 Å². The van der Waals surface area contributed by atoms with Gasteiger partial charge in [0.1, 0.15) is 11.6 Å². The number of rotatable bonds is 6. The average molecular weight is 495 g/mol. The van der Waals surface area contributed by atoms with E-state index in [1.165, 1.54) is 0 Å². The number of aromatic nitrogens is 5. The Labute approximate surface area is 204 Å². The number of nitrogens with one attached hydrogen (secondary N) is 2. The minimum Gasteiger partial charge on any atom is -0.378 e. The molecule has 36 heavy (non-hydrogen) atoms. The molecule has 0 aromatic carbocycles. The van der Waals surface area contributed by atoms with E-state index < -0.39 is 24.2 Å². The smallest absolute Gasteiger partial charge is 0.242 e. The third-order valence-corrected chi connectivity index (χ3v) is 6.69. The highest BCUT2D eigenvalue weighted by Gasteiger charge is 2.48. The average Bonchev–Trinajstić information content (AvgIpc) is 3.61. The lowest BCUT2D eigenvalue weighted by molar-refractivity contribution is -0.118. The van der Waals surface area contributed by atoms with E-state index >= 15 is 0 Å². The van der Waals surface area contributed by atoms with Crippen LogP contribution in [-0.4, -0.2) is 70.2 Å². The summed E-state index contributed by atoms with van der Waals surface area (Å²) in [6, 6.07) is 5.64. The van der Waals surface area contributed by atoms with Crippen LogP contribution in [-0.2, 0) is 9.53 Å². The first-order valence-corrected chi connectivity index (χ1v) is 11.8. The van der Waals surface area contributed by atoms with Gasteiger partial charge in [0.05, 0.1) is 25.1 Å². The largest absolute Gasteiger partial charge is 0.378 e. The molecule has 0 bridgehead atoms. The molecule has 2 aliphatic rings. The zero-order valence-corrected chi connectivity index (χ0v) is 19.5. The molecule has 5 heterocycles. The molecule has 2 fully saturated rings. The summed E-state index contributed by atoms with van der Waals surface area (Å²) in [5.41, 5.74) is 2.38. The summed E-state index contributed by atoms with van der Waals surface area (Å²) in [4.78, 5) is 28.2. The summed E-state index contributed by atoms with van der Waals surface area (Å²) in [6.45, 7) is 3.00. The molecule has 4 aromatic heterocycles. The van der Waals surface area contributed by atoms with Crippen LogP contribution in [0.1, 0.15) is 6.42 Å². The maximum atomic E-state index is 12.9. The zero-order chi connectivity index (χ0) is 24.8. The van der Waals surface area contributed by atoms with E-state index in [9.17, 15) is 13.6 Å². The van der Waals surface area contributed by atoms with Gasteiger partial charge in [-0.3, -0.25) is 4.79 Å². The maximum Gasteiger partial charge on any atom is 0.242 e. The van der Waals surface area contributed by atoms with E-state index in [0.29, 0.717) is 36.1 Å². The molecule has 1 amide bonds. The second kappa shape index (κ2) is 8.94. The topological polar surface area (TPSA) is 110 Å². The van der Waals surface area contributed by atoms with E-state index in [-0.39, 0.29) is 12.2 Å². The summed E-state index contributed by atoms with van der Waals surface area (Å²) in [7, 11) is 1.75. The number of pyridine rings is 3. The van der Waals surface area contributed by atoms with E-state index in [1.54, 1.807) is 30.0 Å². The number of ether oxygens (including phenoxy) is 1. The van der Waals surface area contributed by atoms with Crippen LogP contribution >= 0.6 is 0 Å². The zero-order valence-electron chi connectivity index (χ0n) is 19.5. The highest BCUT2D eigenvalue weighted by atomic mass is 19.3. The van der Waals surface area contributed by atoms with E-state index in [1.807, 2.05) is 18.3 Å². The van der Waals surface area contributed by atoms with Crippen molar-refractivity contribution in [3.05, 3.63) is 36.8 Å². The van der Waals surface area contributed by atoms with Gasteiger partial charge in [0.2, 0.25) is 12.3 Å². The lowest BCUT2D eigenvalue weighted by Crippen LogP contribution is -2.36. The van der Waals surface area contributed by atoms with Crippen LogP contribution in [0.15, 0.2) is 36.8 Å². The fourth-order valence-electron chi connectivity index (χ4n) is 4.59. The second-order valence-electron chi connectivity index (χ2n) is 8.94. The van der Waals surface area contributed by atoms with Gasteiger partial charge in [-0.1, -0.05) is 0 Å². The summed E-state index contributed by atoms with van der Waals surface area (Å²) < 4.78 is 33.0.